The van der Waals surface area contributed by atoms with Gasteiger partial charge in [-0.05, 0) is 45.7 Å². The van der Waals surface area contributed by atoms with Crippen molar-refractivity contribution in [3.8, 4) is 11.4 Å². The lowest BCUT2D eigenvalue weighted by Gasteiger charge is -2.19. The van der Waals surface area contributed by atoms with Crippen molar-refractivity contribution in [2.75, 3.05) is 4.90 Å². The summed E-state index contributed by atoms with van der Waals surface area (Å²) in [5, 5.41) is 0.362. The lowest BCUT2D eigenvalue weighted by atomic mass is 9.88. The Balaban J connectivity index is 1.92. The van der Waals surface area contributed by atoms with E-state index in [0.717, 1.165) is 29.7 Å². The van der Waals surface area contributed by atoms with E-state index in [9.17, 15) is 4.79 Å². The van der Waals surface area contributed by atoms with Crippen LogP contribution in [0.4, 0.5) is 5.82 Å². The lowest BCUT2D eigenvalue weighted by Crippen LogP contribution is -2.37. The van der Waals surface area contributed by atoms with E-state index in [-0.39, 0.29) is 11.9 Å². The fourth-order valence-corrected chi connectivity index (χ4v) is 3.52. The third kappa shape index (κ3) is 2.14. The van der Waals surface area contributed by atoms with Crippen molar-refractivity contribution >= 4 is 23.3 Å². The van der Waals surface area contributed by atoms with Crippen molar-refractivity contribution in [1.29, 1.82) is 0 Å². The second-order valence-electron chi connectivity index (χ2n) is 6.75. The quantitative estimate of drug-likeness (QED) is 0.794. The van der Waals surface area contributed by atoms with Gasteiger partial charge in [-0.3, -0.25) is 14.7 Å². The molecule has 1 fully saturated rings. The predicted octanol–water partition coefficient (Wildman–Crippen LogP) is 3.29. The molecule has 1 saturated carbocycles. The Morgan fingerprint density at radius 3 is 2.70 bits per heavy atom. The van der Waals surface area contributed by atoms with Gasteiger partial charge in [0.15, 0.2) is 5.82 Å². The highest BCUT2D eigenvalue weighted by Crippen LogP contribution is 2.48. The van der Waals surface area contributed by atoms with Gasteiger partial charge in [-0.2, -0.15) is 0 Å². The lowest BCUT2D eigenvalue weighted by molar-refractivity contribution is -0.122. The number of hydrogen-bond donors (Lipinski definition) is 0. The van der Waals surface area contributed by atoms with E-state index in [4.69, 9.17) is 16.6 Å². The molecule has 2 aromatic heterocycles. The first-order chi connectivity index (χ1) is 10.9. The minimum absolute atomic E-state index is 0.0641. The number of rotatable bonds is 2. The Morgan fingerprint density at radius 1 is 1.30 bits per heavy atom. The second kappa shape index (κ2) is 4.74. The number of anilines is 1. The standard InChI is InChI=1S/C17H17ClN4O/c1-9-8-10(6-7-19-9)14-20-13(18)12-15(21-14)22(11-4-5-11)16(23)17(12,2)3/h6-8,11H,4-5H2,1-3H3. The summed E-state index contributed by atoms with van der Waals surface area (Å²) in [4.78, 5) is 28.0. The van der Waals surface area contributed by atoms with Crippen molar-refractivity contribution < 1.29 is 4.79 Å². The monoisotopic (exact) mass is 328 g/mol. The van der Waals surface area contributed by atoms with Crippen LogP contribution >= 0.6 is 11.6 Å². The van der Waals surface area contributed by atoms with Crippen molar-refractivity contribution in [1.82, 2.24) is 15.0 Å². The average molecular weight is 329 g/mol. The first kappa shape index (κ1) is 14.6. The van der Waals surface area contributed by atoms with Crippen LogP contribution in [0.3, 0.4) is 0 Å². The number of nitrogens with zero attached hydrogens (tertiary/aromatic N) is 4. The number of fused-ring (bicyclic) bond motifs is 1. The minimum atomic E-state index is -0.679. The molecule has 0 radical (unpaired) electrons. The third-order valence-electron chi connectivity index (χ3n) is 4.52. The normalized spacial score (nSPS) is 19.1. The van der Waals surface area contributed by atoms with Gasteiger partial charge >= 0.3 is 0 Å². The first-order valence-electron chi connectivity index (χ1n) is 7.74. The minimum Gasteiger partial charge on any atom is -0.293 e. The molecule has 0 atom stereocenters. The van der Waals surface area contributed by atoms with Gasteiger partial charge in [-0.1, -0.05) is 11.6 Å². The van der Waals surface area contributed by atoms with E-state index >= 15 is 0 Å². The SMILES string of the molecule is Cc1cc(-c2nc(Cl)c3c(n2)N(C2CC2)C(=O)C3(C)C)ccn1. The third-order valence-corrected chi connectivity index (χ3v) is 4.79. The molecule has 3 heterocycles. The second-order valence-corrected chi connectivity index (χ2v) is 7.11. The highest BCUT2D eigenvalue weighted by Gasteiger charge is 2.51. The highest BCUT2D eigenvalue weighted by atomic mass is 35.5. The van der Waals surface area contributed by atoms with Crippen LogP contribution in [-0.4, -0.2) is 26.9 Å². The van der Waals surface area contributed by atoms with Gasteiger partial charge in [0.1, 0.15) is 11.0 Å². The number of hydrogen-bond acceptors (Lipinski definition) is 4. The topological polar surface area (TPSA) is 59.0 Å². The molecule has 2 aromatic rings. The fourth-order valence-electron chi connectivity index (χ4n) is 3.12. The maximum absolute atomic E-state index is 12.8. The zero-order valence-corrected chi connectivity index (χ0v) is 14.1. The molecule has 23 heavy (non-hydrogen) atoms. The molecule has 0 saturated heterocycles. The summed E-state index contributed by atoms with van der Waals surface area (Å²) < 4.78 is 0. The molecular weight excluding hydrogens is 312 g/mol. The van der Waals surface area contributed by atoms with E-state index < -0.39 is 5.41 Å². The average Bonchev–Trinajstić information content (AvgIpc) is 3.28. The Hall–Kier alpha value is -2.01. The van der Waals surface area contributed by atoms with Gasteiger partial charge in [0.25, 0.3) is 0 Å². The van der Waals surface area contributed by atoms with E-state index in [1.165, 1.54) is 0 Å². The van der Waals surface area contributed by atoms with Crippen LogP contribution in [0.25, 0.3) is 11.4 Å². The van der Waals surface area contributed by atoms with Gasteiger partial charge in [-0.15, -0.1) is 0 Å². The molecule has 6 heteroatoms. The number of halogens is 1. The number of carbonyl (C=O) groups is 1. The predicted molar refractivity (Wildman–Crippen MR) is 88.5 cm³/mol. The molecule has 0 unspecified atom stereocenters. The smallest absolute Gasteiger partial charge is 0.238 e. The molecular formula is C17H17ClN4O. The number of amides is 1. The molecule has 2 aliphatic rings. The molecule has 1 aliphatic heterocycles. The summed E-state index contributed by atoms with van der Waals surface area (Å²) in [6.07, 6.45) is 3.77. The van der Waals surface area contributed by atoms with Crippen LogP contribution in [0.1, 0.15) is 37.9 Å². The summed E-state index contributed by atoms with van der Waals surface area (Å²) in [6.45, 7) is 5.70. The van der Waals surface area contributed by atoms with Crippen molar-refractivity contribution in [2.45, 2.75) is 45.1 Å². The largest absolute Gasteiger partial charge is 0.293 e. The Morgan fingerprint density at radius 2 is 2.04 bits per heavy atom. The maximum atomic E-state index is 12.8. The molecule has 4 rings (SSSR count). The van der Waals surface area contributed by atoms with Crippen LogP contribution in [0.5, 0.6) is 0 Å². The van der Waals surface area contributed by atoms with Crippen LogP contribution in [-0.2, 0) is 10.2 Å². The van der Waals surface area contributed by atoms with Crippen molar-refractivity contribution in [3.63, 3.8) is 0 Å². The molecule has 0 spiro atoms. The van der Waals surface area contributed by atoms with Crippen LogP contribution in [0, 0.1) is 6.92 Å². The van der Waals surface area contributed by atoms with E-state index in [0.29, 0.717) is 16.8 Å². The van der Waals surface area contributed by atoms with Crippen LogP contribution in [0.2, 0.25) is 5.15 Å². The van der Waals surface area contributed by atoms with Crippen LogP contribution in [0.15, 0.2) is 18.3 Å². The summed E-state index contributed by atoms with van der Waals surface area (Å²) >= 11 is 6.46. The molecule has 0 N–H and O–H groups in total. The zero-order chi connectivity index (χ0) is 16.4. The summed E-state index contributed by atoms with van der Waals surface area (Å²) in [7, 11) is 0. The molecule has 1 amide bonds. The fraction of sp³-hybridized carbons (Fsp3) is 0.412. The van der Waals surface area contributed by atoms with Gasteiger partial charge in [0.05, 0.1) is 5.41 Å². The number of aromatic nitrogens is 3. The summed E-state index contributed by atoms with van der Waals surface area (Å²) in [5.74, 6) is 1.27. The van der Waals surface area contributed by atoms with Gasteiger partial charge in [-0.25, -0.2) is 9.97 Å². The Kier molecular flexibility index (Phi) is 3.00. The van der Waals surface area contributed by atoms with Gasteiger partial charge in [0, 0.05) is 29.1 Å². The first-order valence-corrected chi connectivity index (χ1v) is 8.12. The van der Waals surface area contributed by atoms with E-state index in [2.05, 4.69) is 9.97 Å². The van der Waals surface area contributed by atoms with Crippen LogP contribution < -0.4 is 4.90 Å². The molecule has 118 valence electrons. The summed E-state index contributed by atoms with van der Waals surface area (Å²) in [6, 6.07) is 4.02. The van der Waals surface area contributed by atoms with Crippen molar-refractivity contribution in [3.05, 3.63) is 34.7 Å². The Bertz CT molecular complexity index is 829. The van der Waals surface area contributed by atoms with Crippen molar-refractivity contribution in [2.24, 2.45) is 0 Å². The molecule has 0 aromatic carbocycles. The number of carbonyl (C=O) groups excluding carboxylic acids is 1. The van der Waals surface area contributed by atoms with E-state index in [1.54, 1.807) is 6.20 Å². The Labute approximate surface area is 139 Å². The molecule has 5 nitrogen and oxygen atoms in total. The summed E-state index contributed by atoms with van der Waals surface area (Å²) in [5.41, 5.74) is 1.81. The number of pyridine rings is 1. The highest BCUT2D eigenvalue weighted by molar-refractivity contribution is 6.32. The zero-order valence-electron chi connectivity index (χ0n) is 13.3. The van der Waals surface area contributed by atoms with Gasteiger partial charge in [0.2, 0.25) is 5.91 Å². The maximum Gasteiger partial charge on any atom is 0.238 e. The molecule has 1 aliphatic carbocycles. The van der Waals surface area contributed by atoms with E-state index in [1.807, 2.05) is 37.8 Å². The molecule has 0 bridgehead atoms. The number of aryl methyl sites for hydroxylation is 1. The van der Waals surface area contributed by atoms with Gasteiger partial charge < -0.3 is 0 Å².